The molecule has 10 heteroatoms. The molecule has 0 saturated heterocycles. The van der Waals surface area contributed by atoms with Crippen molar-refractivity contribution in [2.45, 2.75) is 25.3 Å². The molecule has 152 valence electrons. The van der Waals surface area contributed by atoms with E-state index in [4.69, 9.17) is 40.5 Å². The molecule has 1 nitrogen and oxygen atoms in total. The smallest absolute Gasteiger partial charge is 0.326 e. The second-order valence-corrected chi connectivity index (χ2v) is 6.96. The largest absolute Gasteiger partial charge is 0.416 e. The molecule has 0 spiro atoms. The summed E-state index contributed by atoms with van der Waals surface area (Å²) in [6.07, 6.45) is -9.88. The minimum Gasteiger partial charge on any atom is -0.326 e. The normalized spacial score (nSPS) is 13.1. The van der Waals surface area contributed by atoms with Crippen LogP contribution >= 0.6 is 34.8 Å². The van der Waals surface area contributed by atoms with E-state index in [9.17, 15) is 26.3 Å². The Kier molecular flexibility index (Phi) is 6.97. The fourth-order valence-corrected chi connectivity index (χ4v) is 3.11. The molecule has 0 fully saturated rings. The molecular formula is C18H12Cl3F6N. The Balaban J connectivity index is 2.70. The van der Waals surface area contributed by atoms with Crippen LogP contribution in [0.3, 0.4) is 0 Å². The van der Waals surface area contributed by atoms with E-state index in [1.54, 1.807) is 0 Å². The maximum Gasteiger partial charge on any atom is 0.416 e. The lowest BCUT2D eigenvalue weighted by molar-refractivity contribution is -0.138. The van der Waals surface area contributed by atoms with Crippen LogP contribution in [-0.2, 0) is 12.7 Å². The van der Waals surface area contributed by atoms with Gasteiger partial charge < -0.3 is 5.73 Å². The van der Waals surface area contributed by atoms with Gasteiger partial charge in [0.25, 0.3) is 0 Å². The van der Waals surface area contributed by atoms with Crippen LogP contribution in [0.1, 0.15) is 28.7 Å². The van der Waals surface area contributed by atoms with Crippen molar-refractivity contribution in [2.24, 2.45) is 5.73 Å². The van der Waals surface area contributed by atoms with Gasteiger partial charge in [0.1, 0.15) is 0 Å². The Bertz CT molecular complexity index is 880. The van der Waals surface area contributed by atoms with Gasteiger partial charge in [-0.15, -0.1) is 0 Å². The highest BCUT2D eigenvalue weighted by Crippen LogP contribution is 2.39. The molecular weight excluding hydrogens is 451 g/mol. The van der Waals surface area contributed by atoms with E-state index in [1.165, 1.54) is 18.2 Å². The van der Waals surface area contributed by atoms with E-state index in [0.717, 1.165) is 18.2 Å². The van der Waals surface area contributed by atoms with Gasteiger partial charge in [-0.25, -0.2) is 0 Å². The van der Waals surface area contributed by atoms with Crippen LogP contribution in [0.2, 0.25) is 15.1 Å². The number of benzene rings is 2. The third kappa shape index (κ3) is 5.56. The average molecular weight is 463 g/mol. The highest BCUT2D eigenvalue weighted by Gasteiger charge is 2.33. The topological polar surface area (TPSA) is 26.0 Å². The van der Waals surface area contributed by atoms with E-state index in [-0.39, 0.29) is 43.9 Å². The number of alkyl halides is 6. The number of hydrogen-bond donors (Lipinski definition) is 1. The molecule has 0 aliphatic heterocycles. The summed E-state index contributed by atoms with van der Waals surface area (Å²) in [6.45, 7) is -0.380. The Labute approximate surface area is 171 Å². The van der Waals surface area contributed by atoms with Crippen LogP contribution in [-0.4, -0.2) is 6.18 Å². The van der Waals surface area contributed by atoms with Gasteiger partial charge in [-0.05, 0) is 40.5 Å². The van der Waals surface area contributed by atoms with Crippen molar-refractivity contribution in [1.29, 1.82) is 0 Å². The fraction of sp³-hybridized carbons (Fsp3) is 0.222. The molecule has 0 radical (unpaired) electrons. The van der Waals surface area contributed by atoms with Crippen LogP contribution < -0.4 is 5.73 Å². The van der Waals surface area contributed by atoms with Crippen molar-refractivity contribution in [3.05, 3.63) is 73.7 Å². The number of rotatable bonds is 4. The van der Waals surface area contributed by atoms with Crippen molar-refractivity contribution in [3.8, 4) is 0 Å². The lowest BCUT2D eigenvalue weighted by Crippen LogP contribution is -2.12. The Morgan fingerprint density at radius 3 is 1.93 bits per heavy atom. The monoisotopic (exact) mass is 461 g/mol. The number of nitrogens with two attached hydrogens (primary N) is 1. The highest BCUT2D eigenvalue weighted by atomic mass is 35.5. The van der Waals surface area contributed by atoms with Gasteiger partial charge in [0.15, 0.2) is 0 Å². The van der Waals surface area contributed by atoms with Crippen LogP contribution in [0.15, 0.2) is 36.4 Å². The van der Waals surface area contributed by atoms with Crippen molar-refractivity contribution >= 4 is 40.4 Å². The predicted octanol–water partition coefficient (Wildman–Crippen LogP) is 7.51. The lowest BCUT2D eigenvalue weighted by atomic mass is 9.93. The number of allylic oxidation sites excluding steroid dienone is 1. The lowest BCUT2D eigenvalue weighted by Gasteiger charge is -2.17. The average Bonchev–Trinajstić information content (AvgIpc) is 2.57. The standard InChI is InChI=1S/C18H12Cl3F6N/c19-14-6-11(7-15(20)16(14)21)12(3-4-17(22,23)24)9-1-2-10(8-28)13(5-9)18(25,26)27/h1-3,5-7H,4,8,28H2/b12-3+. The maximum absolute atomic E-state index is 13.3. The summed E-state index contributed by atoms with van der Waals surface area (Å²) in [5.41, 5.74) is 4.01. The summed E-state index contributed by atoms with van der Waals surface area (Å²) in [4.78, 5) is 0. The highest BCUT2D eigenvalue weighted by molar-refractivity contribution is 6.48. The van der Waals surface area contributed by atoms with Gasteiger partial charge in [-0.1, -0.05) is 53.0 Å². The molecule has 2 rings (SSSR count). The second-order valence-electron chi connectivity index (χ2n) is 5.76. The first-order valence-corrected chi connectivity index (χ1v) is 8.79. The molecule has 0 unspecified atom stereocenters. The zero-order chi connectivity index (χ0) is 21.3. The summed E-state index contributed by atoms with van der Waals surface area (Å²) < 4.78 is 78.2. The first-order chi connectivity index (χ1) is 12.8. The molecule has 2 aromatic carbocycles. The Morgan fingerprint density at radius 2 is 1.46 bits per heavy atom. The summed E-state index contributed by atoms with van der Waals surface area (Å²) in [5, 5.41) is -0.106. The summed E-state index contributed by atoms with van der Waals surface area (Å²) in [6, 6.07) is 5.61. The van der Waals surface area contributed by atoms with Gasteiger partial charge in [0.2, 0.25) is 0 Å². The SMILES string of the molecule is NCc1ccc(/C(=C\CC(F)(F)F)c2cc(Cl)c(Cl)c(Cl)c2)cc1C(F)(F)F. The van der Waals surface area contributed by atoms with Crippen molar-refractivity contribution in [3.63, 3.8) is 0 Å². The molecule has 0 amide bonds. The zero-order valence-corrected chi connectivity index (χ0v) is 16.1. The fourth-order valence-electron chi connectivity index (χ4n) is 2.52. The molecule has 0 aliphatic carbocycles. The molecule has 2 aromatic rings. The zero-order valence-electron chi connectivity index (χ0n) is 13.9. The second kappa shape index (κ2) is 8.53. The summed E-state index contributed by atoms with van der Waals surface area (Å²) in [5.74, 6) is 0. The Morgan fingerprint density at radius 1 is 0.893 bits per heavy atom. The molecule has 2 N–H and O–H groups in total. The van der Waals surface area contributed by atoms with E-state index in [2.05, 4.69) is 0 Å². The van der Waals surface area contributed by atoms with E-state index >= 15 is 0 Å². The van der Waals surface area contributed by atoms with Crippen molar-refractivity contribution in [1.82, 2.24) is 0 Å². The van der Waals surface area contributed by atoms with E-state index < -0.39 is 24.3 Å². The predicted molar refractivity (Wildman–Crippen MR) is 98.6 cm³/mol. The van der Waals surface area contributed by atoms with Crippen LogP contribution in [0.4, 0.5) is 26.3 Å². The molecule has 0 saturated carbocycles. The Hall–Kier alpha value is -1.41. The number of halogens is 9. The van der Waals surface area contributed by atoms with E-state index in [1.807, 2.05) is 0 Å². The third-order valence-electron chi connectivity index (χ3n) is 3.78. The van der Waals surface area contributed by atoms with Crippen molar-refractivity contribution in [2.75, 3.05) is 0 Å². The van der Waals surface area contributed by atoms with Crippen LogP contribution in [0.5, 0.6) is 0 Å². The van der Waals surface area contributed by atoms with Gasteiger partial charge in [0, 0.05) is 6.54 Å². The minimum atomic E-state index is -4.73. The van der Waals surface area contributed by atoms with Gasteiger partial charge in [0.05, 0.1) is 27.1 Å². The first kappa shape index (κ1) is 22.9. The van der Waals surface area contributed by atoms with Crippen molar-refractivity contribution < 1.29 is 26.3 Å². The summed E-state index contributed by atoms with van der Waals surface area (Å²) >= 11 is 17.7. The van der Waals surface area contributed by atoms with E-state index in [0.29, 0.717) is 0 Å². The molecule has 0 atom stereocenters. The molecule has 0 bridgehead atoms. The molecule has 0 heterocycles. The maximum atomic E-state index is 13.3. The number of hydrogen-bond acceptors (Lipinski definition) is 1. The quantitative estimate of drug-likeness (QED) is 0.369. The first-order valence-electron chi connectivity index (χ1n) is 7.66. The van der Waals surface area contributed by atoms with Gasteiger partial charge >= 0.3 is 12.4 Å². The molecule has 28 heavy (non-hydrogen) atoms. The van der Waals surface area contributed by atoms with Gasteiger partial charge in [-0.3, -0.25) is 0 Å². The summed E-state index contributed by atoms with van der Waals surface area (Å²) in [7, 11) is 0. The van der Waals surface area contributed by atoms with Crippen LogP contribution in [0, 0.1) is 0 Å². The molecule has 0 aliphatic rings. The van der Waals surface area contributed by atoms with Gasteiger partial charge in [-0.2, -0.15) is 26.3 Å². The molecule has 0 aromatic heterocycles. The minimum absolute atomic E-state index is 0.0169. The third-order valence-corrected chi connectivity index (χ3v) is 4.98. The van der Waals surface area contributed by atoms with Crippen LogP contribution in [0.25, 0.3) is 5.57 Å².